The van der Waals surface area contributed by atoms with Crippen LogP contribution in [0, 0.1) is 0 Å². The molecule has 13 heavy (non-hydrogen) atoms. The zero-order valence-corrected chi connectivity index (χ0v) is 7.90. The Balaban J connectivity index is 3.35. The number of hydrogen-bond donors (Lipinski definition) is 1. The maximum absolute atomic E-state index is 11.7. The lowest BCUT2D eigenvalue weighted by atomic mass is 10.1. The molecule has 0 bridgehead atoms. The van der Waals surface area contributed by atoms with E-state index < -0.39 is 18.7 Å². The van der Waals surface area contributed by atoms with E-state index in [2.05, 4.69) is 0 Å². The van der Waals surface area contributed by atoms with Crippen LogP contribution < -0.4 is 0 Å². The van der Waals surface area contributed by atoms with Gasteiger partial charge in [0.15, 0.2) is 0 Å². The normalized spacial score (nSPS) is 14.5. The number of hydrogen-bond acceptors (Lipinski definition) is 1. The van der Waals surface area contributed by atoms with Crippen molar-refractivity contribution >= 4 is 0 Å². The van der Waals surface area contributed by atoms with Gasteiger partial charge in [-0.3, -0.25) is 0 Å². The van der Waals surface area contributed by atoms with Crippen LogP contribution in [0.2, 0.25) is 0 Å². The van der Waals surface area contributed by atoms with Crippen LogP contribution in [0.4, 0.5) is 13.2 Å². The Morgan fingerprint density at radius 2 is 1.77 bits per heavy atom. The van der Waals surface area contributed by atoms with Gasteiger partial charge in [-0.15, -0.1) is 0 Å². The quantitative estimate of drug-likeness (QED) is 0.649. The highest BCUT2D eigenvalue weighted by molar-refractivity contribution is 4.59. The van der Waals surface area contributed by atoms with Gasteiger partial charge in [0.25, 0.3) is 0 Å². The van der Waals surface area contributed by atoms with Crippen LogP contribution in [0.15, 0.2) is 0 Å². The molecule has 0 radical (unpaired) electrons. The average Bonchev–Trinajstić information content (AvgIpc) is 2.00. The maximum Gasteiger partial charge on any atom is 0.389 e. The third-order valence-corrected chi connectivity index (χ3v) is 1.90. The molecule has 0 aliphatic carbocycles. The fourth-order valence-electron chi connectivity index (χ4n) is 1.10. The summed E-state index contributed by atoms with van der Waals surface area (Å²) in [7, 11) is 0. The van der Waals surface area contributed by atoms with Crippen LogP contribution in [-0.2, 0) is 0 Å². The summed E-state index contributed by atoms with van der Waals surface area (Å²) < 4.78 is 35.1. The largest absolute Gasteiger partial charge is 0.393 e. The van der Waals surface area contributed by atoms with Gasteiger partial charge in [-0.05, 0) is 12.8 Å². The second kappa shape index (κ2) is 6.24. The minimum absolute atomic E-state index is 0.160. The zero-order valence-electron chi connectivity index (χ0n) is 7.90. The molecule has 4 heteroatoms. The van der Waals surface area contributed by atoms with Crippen LogP contribution >= 0.6 is 0 Å². The molecule has 0 amide bonds. The van der Waals surface area contributed by atoms with E-state index in [0.29, 0.717) is 6.42 Å². The molecule has 0 fully saturated rings. The predicted octanol–water partition coefficient (Wildman–Crippen LogP) is 3.27. The molecule has 1 nitrogen and oxygen atoms in total. The fraction of sp³-hybridized carbons (Fsp3) is 1.00. The van der Waals surface area contributed by atoms with Gasteiger partial charge in [-0.1, -0.05) is 26.2 Å². The monoisotopic (exact) mass is 198 g/mol. The van der Waals surface area contributed by atoms with Gasteiger partial charge in [-0.25, -0.2) is 0 Å². The van der Waals surface area contributed by atoms with Crippen LogP contribution in [-0.4, -0.2) is 17.4 Å². The first kappa shape index (κ1) is 12.8. The van der Waals surface area contributed by atoms with Gasteiger partial charge in [0.05, 0.1) is 6.10 Å². The van der Waals surface area contributed by atoms with Crippen molar-refractivity contribution in [1.29, 1.82) is 0 Å². The Bertz CT molecular complexity index is 123. The van der Waals surface area contributed by atoms with Crippen molar-refractivity contribution < 1.29 is 18.3 Å². The molecule has 0 spiro atoms. The molecule has 0 aromatic carbocycles. The fourth-order valence-corrected chi connectivity index (χ4v) is 1.10. The van der Waals surface area contributed by atoms with E-state index in [1.54, 1.807) is 0 Å². The van der Waals surface area contributed by atoms with Crippen LogP contribution in [0.5, 0.6) is 0 Å². The van der Waals surface area contributed by atoms with Crippen LogP contribution in [0.1, 0.15) is 45.4 Å². The second-order valence-corrected chi connectivity index (χ2v) is 3.30. The second-order valence-electron chi connectivity index (χ2n) is 3.30. The van der Waals surface area contributed by atoms with Crippen molar-refractivity contribution in [2.45, 2.75) is 57.7 Å². The van der Waals surface area contributed by atoms with Gasteiger partial charge in [0.2, 0.25) is 0 Å². The van der Waals surface area contributed by atoms with Crippen molar-refractivity contribution in [2.75, 3.05) is 0 Å². The summed E-state index contributed by atoms with van der Waals surface area (Å²) >= 11 is 0. The zero-order chi connectivity index (χ0) is 10.3. The number of aliphatic hydroxyl groups excluding tert-OH is 1. The highest BCUT2D eigenvalue weighted by Gasteiger charge is 2.27. The molecule has 1 unspecified atom stereocenters. The Kier molecular flexibility index (Phi) is 6.12. The highest BCUT2D eigenvalue weighted by atomic mass is 19.4. The lowest BCUT2D eigenvalue weighted by molar-refractivity contribution is -0.140. The summed E-state index contributed by atoms with van der Waals surface area (Å²) in [6.07, 6.45) is -2.65. The van der Waals surface area contributed by atoms with E-state index in [-0.39, 0.29) is 6.42 Å². The molecular weight excluding hydrogens is 181 g/mol. The summed E-state index contributed by atoms with van der Waals surface area (Å²) in [5.74, 6) is 0. The summed E-state index contributed by atoms with van der Waals surface area (Å²) in [4.78, 5) is 0. The molecule has 1 atom stereocenters. The first-order chi connectivity index (χ1) is 5.95. The van der Waals surface area contributed by atoms with Gasteiger partial charge in [0, 0.05) is 6.42 Å². The van der Waals surface area contributed by atoms with Gasteiger partial charge >= 0.3 is 6.18 Å². The Morgan fingerprint density at radius 1 is 1.15 bits per heavy atom. The number of aliphatic hydroxyl groups is 1. The molecule has 0 rings (SSSR count). The van der Waals surface area contributed by atoms with Crippen LogP contribution in [0.3, 0.4) is 0 Å². The Morgan fingerprint density at radius 3 is 2.23 bits per heavy atom. The highest BCUT2D eigenvalue weighted by Crippen LogP contribution is 2.23. The number of unbranched alkanes of at least 4 members (excludes halogenated alkanes) is 2. The van der Waals surface area contributed by atoms with Crippen molar-refractivity contribution in [2.24, 2.45) is 0 Å². The summed E-state index contributed by atoms with van der Waals surface area (Å²) in [5.41, 5.74) is 0. The summed E-state index contributed by atoms with van der Waals surface area (Å²) in [6, 6.07) is 0. The van der Waals surface area contributed by atoms with Gasteiger partial charge in [-0.2, -0.15) is 13.2 Å². The van der Waals surface area contributed by atoms with E-state index >= 15 is 0 Å². The molecule has 0 saturated heterocycles. The van der Waals surface area contributed by atoms with E-state index in [1.165, 1.54) is 0 Å². The molecule has 0 saturated carbocycles. The molecular formula is C9H17F3O. The first-order valence-electron chi connectivity index (χ1n) is 4.70. The lowest BCUT2D eigenvalue weighted by Gasteiger charge is -2.11. The maximum atomic E-state index is 11.7. The van der Waals surface area contributed by atoms with E-state index in [9.17, 15) is 13.2 Å². The van der Waals surface area contributed by atoms with Crippen molar-refractivity contribution in [3.8, 4) is 0 Å². The molecule has 1 N–H and O–H groups in total. The molecule has 0 aromatic rings. The van der Waals surface area contributed by atoms with E-state index in [1.807, 2.05) is 6.92 Å². The smallest absolute Gasteiger partial charge is 0.389 e. The molecule has 0 aliphatic heterocycles. The molecule has 80 valence electrons. The topological polar surface area (TPSA) is 20.2 Å². The van der Waals surface area contributed by atoms with Crippen molar-refractivity contribution in [3.05, 3.63) is 0 Å². The van der Waals surface area contributed by atoms with E-state index in [0.717, 1.165) is 19.3 Å². The number of alkyl halides is 3. The third kappa shape index (κ3) is 9.67. The Hall–Kier alpha value is -0.250. The van der Waals surface area contributed by atoms with E-state index in [4.69, 9.17) is 5.11 Å². The third-order valence-electron chi connectivity index (χ3n) is 1.90. The standard InChI is InChI=1S/C9H17F3O/c1-2-3-4-5-8(13)6-7-9(10,11)12/h8,13H,2-7H2,1H3. The van der Waals surface area contributed by atoms with Crippen molar-refractivity contribution in [3.63, 3.8) is 0 Å². The van der Waals surface area contributed by atoms with Gasteiger partial charge < -0.3 is 5.11 Å². The summed E-state index contributed by atoms with van der Waals surface area (Å²) in [6.45, 7) is 2.02. The van der Waals surface area contributed by atoms with Crippen molar-refractivity contribution in [1.82, 2.24) is 0 Å². The van der Waals surface area contributed by atoms with Gasteiger partial charge in [0.1, 0.15) is 0 Å². The minimum atomic E-state index is -4.13. The SMILES string of the molecule is CCCCCC(O)CCC(F)(F)F. The molecule has 0 heterocycles. The minimum Gasteiger partial charge on any atom is -0.393 e. The molecule has 0 aliphatic rings. The first-order valence-corrected chi connectivity index (χ1v) is 4.70. The average molecular weight is 198 g/mol. The number of rotatable bonds is 6. The summed E-state index contributed by atoms with van der Waals surface area (Å²) in [5, 5.41) is 9.14. The van der Waals surface area contributed by atoms with Crippen LogP contribution in [0.25, 0.3) is 0 Å². The lowest BCUT2D eigenvalue weighted by Crippen LogP contribution is -2.14. The predicted molar refractivity (Wildman–Crippen MR) is 45.4 cm³/mol. The number of halogens is 3. The Labute approximate surface area is 76.9 Å². The molecule has 0 aromatic heterocycles.